The van der Waals surface area contributed by atoms with Crippen LogP contribution in [0, 0.1) is 5.82 Å². The highest BCUT2D eigenvalue weighted by molar-refractivity contribution is 5.40. The number of aromatic nitrogens is 2. The Kier molecular flexibility index (Phi) is 4.20. The van der Waals surface area contributed by atoms with Crippen molar-refractivity contribution in [1.82, 2.24) is 9.78 Å². The number of hydrogen-bond acceptors (Lipinski definition) is 2. The molecule has 0 amide bonds. The fourth-order valence-corrected chi connectivity index (χ4v) is 1.82. The molecule has 0 bridgehead atoms. The largest absolute Gasteiger partial charge is 0.419 e. The van der Waals surface area contributed by atoms with E-state index in [0.717, 1.165) is 12.1 Å². The van der Waals surface area contributed by atoms with Crippen molar-refractivity contribution in [3.63, 3.8) is 0 Å². The first-order chi connectivity index (χ1) is 9.77. The minimum atomic E-state index is -4.69. The molecule has 2 aromatic rings. The van der Waals surface area contributed by atoms with Crippen molar-refractivity contribution < 1.29 is 17.6 Å². The maximum atomic E-state index is 13.2. The van der Waals surface area contributed by atoms with E-state index in [4.69, 9.17) is 0 Å². The van der Waals surface area contributed by atoms with E-state index in [-0.39, 0.29) is 12.6 Å². The Morgan fingerprint density at radius 2 is 2.00 bits per heavy atom. The summed E-state index contributed by atoms with van der Waals surface area (Å²) in [5.74, 6) is -1.26. The molecule has 0 aliphatic heterocycles. The van der Waals surface area contributed by atoms with Crippen molar-refractivity contribution in [1.29, 1.82) is 0 Å². The van der Waals surface area contributed by atoms with Crippen LogP contribution in [-0.4, -0.2) is 9.78 Å². The Morgan fingerprint density at radius 1 is 1.29 bits per heavy atom. The second-order valence-corrected chi connectivity index (χ2v) is 4.97. The van der Waals surface area contributed by atoms with E-state index in [1.165, 1.54) is 6.07 Å². The van der Waals surface area contributed by atoms with Gasteiger partial charge in [-0.1, -0.05) is 6.07 Å². The topological polar surface area (TPSA) is 29.9 Å². The lowest BCUT2D eigenvalue weighted by atomic mass is 10.1. The summed E-state index contributed by atoms with van der Waals surface area (Å²) < 4.78 is 52.7. The molecule has 0 saturated carbocycles. The van der Waals surface area contributed by atoms with Crippen molar-refractivity contribution in [2.75, 3.05) is 5.32 Å². The zero-order valence-corrected chi connectivity index (χ0v) is 11.6. The summed E-state index contributed by atoms with van der Waals surface area (Å²) in [6, 6.07) is 3.17. The van der Waals surface area contributed by atoms with Crippen LogP contribution < -0.4 is 5.32 Å². The van der Waals surface area contributed by atoms with Gasteiger partial charge in [-0.15, -0.1) is 0 Å². The summed E-state index contributed by atoms with van der Waals surface area (Å²) in [6.45, 7) is 4.09. The van der Waals surface area contributed by atoms with Crippen molar-refractivity contribution in [3.05, 3.63) is 47.5 Å². The molecule has 0 spiro atoms. The third-order valence-corrected chi connectivity index (χ3v) is 2.96. The molecule has 0 atom stereocenters. The second kappa shape index (κ2) is 5.75. The van der Waals surface area contributed by atoms with E-state index in [1.807, 2.05) is 13.8 Å². The molecule has 0 aliphatic rings. The molecule has 21 heavy (non-hydrogen) atoms. The first kappa shape index (κ1) is 15.3. The summed E-state index contributed by atoms with van der Waals surface area (Å²) in [6.07, 6.45) is -1.34. The predicted octanol–water partition coefficient (Wildman–Crippen LogP) is 4.23. The van der Waals surface area contributed by atoms with Gasteiger partial charge in [0.1, 0.15) is 5.82 Å². The van der Waals surface area contributed by atoms with Crippen molar-refractivity contribution in [2.24, 2.45) is 0 Å². The number of benzene rings is 1. The molecule has 0 aliphatic carbocycles. The first-order valence-electron chi connectivity index (χ1n) is 6.41. The van der Waals surface area contributed by atoms with Crippen LogP contribution in [0.2, 0.25) is 0 Å². The van der Waals surface area contributed by atoms with Gasteiger partial charge in [-0.2, -0.15) is 18.3 Å². The van der Waals surface area contributed by atoms with E-state index in [1.54, 1.807) is 17.1 Å². The van der Waals surface area contributed by atoms with Crippen molar-refractivity contribution >= 4 is 5.69 Å². The summed E-state index contributed by atoms with van der Waals surface area (Å²) in [5.41, 5.74) is -0.206. The smallest absolute Gasteiger partial charge is 0.378 e. The molecule has 7 heteroatoms. The van der Waals surface area contributed by atoms with Crippen LogP contribution in [0.3, 0.4) is 0 Å². The van der Waals surface area contributed by atoms with Gasteiger partial charge in [0.05, 0.1) is 17.4 Å². The molecule has 0 unspecified atom stereocenters. The van der Waals surface area contributed by atoms with Crippen LogP contribution in [0.1, 0.15) is 31.0 Å². The van der Waals surface area contributed by atoms with Crippen LogP contribution in [0.5, 0.6) is 0 Å². The standard InChI is InChI=1S/C14H15F4N3/c1-9(2)21-8-11(7-20-21)19-6-10-3-4-13(15)12(5-10)14(16,17)18/h3-5,7-9,19H,6H2,1-2H3. The minimum absolute atomic E-state index is 0.160. The van der Waals surface area contributed by atoms with Gasteiger partial charge in [0.2, 0.25) is 0 Å². The lowest BCUT2D eigenvalue weighted by Crippen LogP contribution is -2.09. The Hall–Kier alpha value is -2.05. The Morgan fingerprint density at radius 3 is 2.57 bits per heavy atom. The third-order valence-electron chi connectivity index (χ3n) is 2.96. The monoisotopic (exact) mass is 301 g/mol. The van der Waals surface area contributed by atoms with E-state index in [9.17, 15) is 17.6 Å². The number of halogens is 4. The average molecular weight is 301 g/mol. The van der Waals surface area contributed by atoms with E-state index >= 15 is 0 Å². The fraction of sp³-hybridized carbons (Fsp3) is 0.357. The lowest BCUT2D eigenvalue weighted by Gasteiger charge is -2.10. The van der Waals surface area contributed by atoms with Gasteiger partial charge < -0.3 is 5.32 Å². The van der Waals surface area contributed by atoms with Gasteiger partial charge in [0, 0.05) is 18.8 Å². The van der Waals surface area contributed by atoms with Gasteiger partial charge in [-0.25, -0.2) is 4.39 Å². The lowest BCUT2D eigenvalue weighted by molar-refractivity contribution is -0.140. The SMILES string of the molecule is CC(C)n1cc(NCc2ccc(F)c(C(F)(F)F)c2)cn1. The number of anilines is 1. The molecule has 1 aromatic carbocycles. The number of nitrogens with zero attached hydrogens (tertiary/aromatic N) is 2. The fourth-order valence-electron chi connectivity index (χ4n) is 1.82. The molecule has 1 heterocycles. The summed E-state index contributed by atoms with van der Waals surface area (Å²) in [5, 5.41) is 7.07. The van der Waals surface area contributed by atoms with E-state index in [2.05, 4.69) is 10.4 Å². The molecular formula is C14H15F4N3. The Labute approximate surface area is 119 Å². The maximum Gasteiger partial charge on any atom is 0.419 e. The van der Waals surface area contributed by atoms with Crippen LogP contribution >= 0.6 is 0 Å². The average Bonchev–Trinajstić information content (AvgIpc) is 2.85. The quantitative estimate of drug-likeness (QED) is 0.856. The number of rotatable bonds is 4. The van der Waals surface area contributed by atoms with Crippen LogP contribution in [0.25, 0.3) is 0 Å². The molecule has 1 N–H and O–H groups in total. The molecule has 0 fully saturated rings. The highest BCUT2D eigenvalue weighted by Crippen LogP contribution is 2.32. The maximum absolute atomic E-state index is 13.2. The number of nitrogens with one attached hydrogen (secondary N) is 1. The first-order valence-corrected chi connectivity index (χ1v) is 6.41. The van der Waals surface area contributed by atoms with Crippen LogP contribution in [-0.2, 0) is 12.7 Å². The minimum Gasteiger partial charge on any atom is -0.378 e. The van der Waals surface area contributed by atoms with Gasteiger partial charge in [0.25, 0.3) is 0 Å². The summed E-state index contributed by atoms with van der Waals surface area (Å²) >= 11 is 0. The second-order valence-electron chi connectivity index (χ2n) is 4.97. The van der Waals surface area contributed by atoms with Crippen molar-refractivity contribution in [2.45, 2.75) is 32.6 Å². The normalized spacial score (nSPS) is 12.0. The molecule has 0 radical (unpaired) electrons. The zero-order chi connectivity index (χ0) is 15.6. The van der Waals surface area contributed by atoms with Crippen molar-refractivity contribution in [3.8, 4) is 0 Å². The Balaban J connectivity index is 2.09. The zero-order valence-electron chi connectivity index (χ0n) is 11.6. The van der Waals surface area contributed by atoms with E-state index in [0.29, 0.717) is 11.3 Å². The highest BCUT2D eigenvalue weighted by Gasteiger charge is 2.34. The molecule has 114 valence electrons. The number of hydrogen-bond donors (Lipinski definition) is 1. The van der Waals surface area contributed by atoms with Gasteiger partial charge in [-0.3, -0.25) is 4.68 Å². The summed E-state index contributed by atoms with van der Waals surface area (Å²) in [4.78, 5) is 0. The predicted molar refractivity (Wildman–Crippen MR) is 71.3 cm³/mol. The number of alkyl halides is 3. The van der Waals surface area contributed by atoms with Crippen LogP contribution in [0.15, 0.2) is 30.6 Å². The van der Waals surface area contributed by atoms with Gasteiger partial charge in [0.15, 0.2) is 0 Å². The summed E-state index contributed by atoms with van der Waals surface area (Å²) in [7, 11) is 0. The molecule has 3 nitrogen and oxygen atoms in total. The third kappa shape index (κ3) is 3.74. The Bertz CT molecular complexity index is 617. The van der Waals surface area contributed by atoms with Gasteiger partial charge in [-0.05, 0) is 31.5 Å². The van der Waals surface area contributed by atoms with Crippen LogP contribution in [0.4, 0.5) is 23.2 Å². The molecule has 2 rings (SSSR count). The van der Waals surface area contributed by atoms with Gasteiger partial charge >= 0.3 is 6.18 Å². The highest BCUT2D eigenvalue weighted by atomic mass is 19.4. The molecular weight excluding hydrogens is 286 g/mol. The molecule has 1 aromatic heterocycles. The molecule has 0 saturated heterocycles. The van der Waals surface area contributed by atoms with E-state index < -0.39 is 17.6 Å².